The lowest BCUT2D eigenvalue weighted by atomic mass is 9.98. The highest BCUT2D eigenvalue weighted by Gasteiger charge is 2.29. The van der Waals surface area contributed by atoms with Gasteiger partial charge in [-0.3, -0.25) is 4.79 Å². The van der Waals surface area contributed by atoms with Gasteiger partial charge in [-0.05, 0) is 30.9 Å². The Kier molecular flexibility index (Phi) is 5.96. The summed E-state index contributed by atoms with van der Waals surface area (Å²) in [6, 6.07) is 5.09. The lowest BCUT2D eigenvalue weighted by Gasteiger charge is -2.26. The molecule has 0 saturated carbocycles. The second-order valence-electron chi connectivity index (χ2n) is 5.98. The molecule has 1 aliphatic rings. The summed E-state index contributed by atoms with van der Waals surface area (Å²) < 4.78 is 13.7. The van der Waals surface area contributed by atoms with Crippen molar-refractivity contribution in [3.05, 3.63) is 30.1 Å². The maximum atomic E-state index is 13.7. The molecule has 1 aromatic rings. The molecule has 0 unspecified atom stereocenters. The molecule has 2 N–H and O–H groups in total. The lowest BCUT2D eigenvalue weighted by molar-refractivity contribution is -0.119. The smallest absolute Gasteiger partial charge is 0.318 e. The molecule has 5 nitrogen and oxygen atoms in total. The van der Waals surface area contributed by atoms with E-state index in [4.69, 9.17) is 0 Å². The fraction of sp³-hybridized carbons (Fsp3) is 0.529. The van der Waals surface area contributed by atoms with Crippen LogP contribution in [0.3, 0.4) is 0 Å². The van der Waals surface area contributed by atoms with E-state index in [0.717, 1.165) is 19.3 Å². The van der Waals surface area contributed by atoms with E-state index in [1.54, 1.807) is 17.0 Å². The monoisotopic (exact) mass is 321 g/mol. The summed E-state index contributed by atoms with van der Waals surface area (Å²) in [6.45, 7) is 5.29. The van der Waals surface area contributed by atoms with Crippen LogP contribution in [0.4, 0.5) is 14.9 Å². The number of anilines is 1. The number of amides is 3. The number of likely N-dealkylation sites (tertiary alicyclic amines) is 1. The Balaban J connectivity index is 2.06. The molecule has 1 fully saturated rings. The van der Waals surface area contributed by atoms with Crippen molar-refractivity contribution in [2.45, 2.75) is 39.2 Å². The van der Waals surface area contributed by atoms with Gasteiger partial charge in [0, 0.05) is 13.1 Å². The third-order valence-electron chi connectivity index (χ3n) is 4.30. The van der Waals surface area contributed by atoms with Crippen molar-refractivity contribution in [3.63, 3.8) is 0 Å². The zero-order valence-corrected chi connectivity index (χ0v) is 13.6. The molecule has 6 heteroatoms. The summed E-state index contributed by atoms with van der Waals surface area (Å²) in [5.74, 6) is -0.931. The van der Waals surface area contributed by atoms with E-state index in [1.165, 1.54) is 12.1 Å². The fourth-order valence-corrected chi connectivity index (χ4v) is 2.62. The first-order valence-corrected chi connectivity index (χ1v) is 8.13. The molecule has 2 rings (SSSR count). The maximum Gasteiger partial charge on any atom is 0.318 e. The van der Waals surface area contributed by atoms with Crippen LogP contribution in [0.1, 0.15) is 33.1 Å². The van der Waals surface area contributed by atoms with Gasteiger partial charge in [0.25, 0.3) is 0 Å². The van der Waals surface area contributed by atoms with Crippen molar-refractivity contribution >= 4 is 17.6 Å². The van der Waals surface area contributed by atoms with Crippen LogP contribution in [-0.2, 0) is 4.79 Å². The average Bonchev–Trinajstić information content (AvgIpc) is 3.08. The first-order chi connectivity index (χ1) is 11.0. The van der Waals surface area contributed by atoms with Crippen LogP contribution in [0.2, 0.25) is 0 Å². The van der Waals surface area contributed by atoms with Gasteiger partial charge in [0.05, 0.1) is 5.69 Å². The number of nitrogens with zero attached hydrogens (tertiary/aromatic N) is 1. The molecule has 0 radical (unpaired) electrons. The molecule has 1 saturated heterocycles. The Bertz CT molecular complexity index is 559. The zero-order valence-electron chi connectivity index (χ0n) is 13.6. The van der Waals surface area contributed by atoms with Crippen LogP contribution in [-0.4, -0.2) is 36.0 Å². The molecule has 1 heterocycles. The third kappa shape index (κ3) is 4.43. The van der Waals surface area contributed by atoms with Crippen LogP contribution in [0.15, 0.2) is 24.3 Å². The largest absolute Gasteiger partial charge is 0.326 e. The van der Waals surface area contributed by atoms with Gasteiger partial charge in [-0.15, -0.1) is 0 Å². The van der Waals surface area contributed by atoms with Gasteiger partial charge >= 0.3 is 6.03 Å². The molecular weight excluding hydrogens is 297 g/mol. The van der Waals surface area contributed by atoms with Crippen LogP contribution < -0.4 is 10.6 Å². The predicted octanol–water partition coefficient (Wildman–Crippen LogP) is 2.98. The normalized spacial score (nSPS) is 16.7. The van der Waals surface area contributed by atoms with Crippen molar-refractivity contribution in [2.24, 2.45) is 5.92 Å². The van der Waals surface area contributed by atoms with E-state index in [9.17, 15) is 14.0 Å². The summed E-state index contributed by atoms with van der Waals surface area (Å²) in [7, 11) is 0. The Morgan fingerprint density at radius 3 is 2.52 bits per heavy atom. The molecule has 23 heavy (non-hydrogen) atoms. The molecule has 0 spiro atoms. The first-order valence-electron chi connectivity index (χ1n) is 8.13. The Morgan fingerprint density at radius 1 is 1.26 bits per heavy atom. The summed E-state index contributed by atoms with van der Waals surface area (Å²) in [4.78, 5) is 26.5. The van der Waals surface area contributed by atoms with Gasteiger partial charge < -0.3 is 15.5 Å². The molecule has 2 atom stereocenters. The van der Waals surface area contributed by atoms with Gasteiger partial charge in [0.1, 0.15) is 11.9 Å². The van der Waals surface area contributed by atoms with E-state index in [0.29, 0.717) is 13.1 Å². The van der Waals surface area contributed by atoms with E-state index in [-0.39, 0.29) is 17.6 Å². The molecular formula is C17H24FN3O2. The van der Waals surface area contributed by atoms with Crippen molar-refractivity contribution in [1.29, 1.82) is 0 Å². The number of carbonyl (C=O) groups is 2. The second kappa shape index (κ2) is 7.94. The summed E-state index contributed by atoms with van der Waals surface area (Å²) >= 11 is 0. The van der Waals surface area contributed by atoms with Crippen molar-refractivity contribution in [2.75, 3.05) is 18.4 Å². The minimum atomic E-state index is -0.687. The van der Waals surface area contributed by atoms with Crippen molar-refractivity contribution < 1.29 is 14.0 Å². The molecule has 1 aliphatic heterocycles. The molecule has 1 aromatic carbocycles. The summed E-state index contributed by atoms with van der Waals surface area (Å²) in [6.07, 6.45) is 2.71. The quantitative estimate of drug-likeness (QED) is 0.876. The van der Waals surface area contributed by atoms with Crippen LogP contribution in [0.5, 0.6) is 0 Å². The van der Waals surface area contributed by atoms with Crippen LogP contribution >= 0.6 is 0 Å². The fourth-order valence-electron chi connectivity index (χ4n) is 2.62. The maximum absolute atomic E-state index is 13.7. The number of hydrogen-bond acceptors (Lipinski definition) is 2. The number of benzene rings is 1. The number of hydrogen-bond donors (Lipinski definition) is 2. The molecule has 0 aliphatic carbocycles. The lowest BCUT2D eigenvalue weighted by Crippen LogP contribution is -2.51. The first kappa shape index (κ1) is 17.2. The van der Waals surface area contributed by atoms with E-state index < -0.39 is 17.8 Å². The molecule has 0 aromatic heterocycles. The van der Waals surface area contributed by atoms with Crippen molar-refractivity contribution in [1.82, 2.24) is 10.2 Å². The number of rotatable bonds is 5. The van der Waals surface area contributed by atoms with Crippen molar-refractivity contribution in [3.8, 4) is 0 Å². The van der Waals surface area contributed by atoms with Crippen LogP contribution in [0.25, 0.3) is 0 Å². The standard InChI is InChI=1S/C17H24FN3O2/c1-3-12(2)15(20-17(23)21-10-6-7-11-21)16(22)19-14-9-5-4-8-13(14)18/h4-5,8-9,12,15H,3,6-7,10-11H2,1-2H3,(H,19,22)(H,20,23)/t12-,15+/m1/s1. The number of para-hydroxylation sites is 1. The Hall–Kier alpha value is -2.11. The third-order valence-corrected chi connectivity index (χ3v) is 4.30. The van der Waals surface area contributed by atoms with Gasteiger partial charge in [-0.1, -0.05) is 32.4 Å². The SMILES string of the molecule is CC[C@@H](C)[C@H](NC(=O)N1CCCC1)C(=O)Nc1ccccc1F. The summed E-state index contributed by atoms with van der Waals surface area (Å²) in [5, 5.41) is 5.38. The predicted molar refractivity (Wildman–Crippen MR) is 87.6 cm³/mol. The Labute approximate surface area is 136 Å². The number of carbonyl (C=O) groups excluding carboxylic acids is 2. The van der Waals surface area contributed by atoms with Gasteiger partial charge in [-0.2, -0.15) is 0 Å². The highest BCUT2D eigenvalue weighted by Crippen LogP contribution is 2.16. The minimum absolute atomic E-state index is 0.0478. The molecule has 3 amide bonds. The summed E-state index contributed by atoms with van der Waals surface area (Å²) in [5.41, 5.74) is 0.126. The minimum Gasteiger partial charge on any atom is -0.326 e. The highest BCUT2D eigenvalue weighted by atomic mass is 19.1. The van der Waals surface area contributed by atoms with Gasteiger partial charge in [0.2, 0.25) is 5.91 Å². The number of nitrogens with one attached hydrogen (secondary N) is 2. The van der Waals surface area contributed by atoms with Crippen LogP contribution in [0, 0.1) is 11.7 Å². The molecule has 126 valence electrons. The van der Waals surface area contributed by atoms with Gasteiger partial charge in [0.15, 0.2) is 0 Å². The highest BCUT2D eigenvalue weighted by molar-refractivity contribution is 5.97. The van der Waals surface area contributed by atoms with E-state index >= 15 is 0 Å². The van der Waals surface area contributed by atoms with E-state index in [1.807, 2.05) is 13.8 Å². The Morgan fingerprint density at radius 2 is 1.91 bits per heavy atom. The molecule has 0 bridgehead atoms. The number of halogens is 1. The topological polar surface area (TPSA) is 61.4 Å². The average molecular weight is 321 g/mol. The van der Waals surface area contributed by atoms with E-state index in [2.05, 4.69) is 10.6 Å². The second-order valence-corrected chi connectivity index (χ2v) is 5.98. The zero-order chi connectivity index (χ0) is 16.8. The number of urea groups is 1. The van der Waals surface area contributed by atoms with Gasteiger partial charge in [-0.25, -0.2) is 9.18 Å².